The molecule has 0 aromatic rings. The first-order chi connectivity index (χ1) is 6.15. The van der Waals surface area contributed by atoms with Gasteiger partial charge in [0, 0.05) is 0 Å². The summed E-state index contributed by atoms with van der Waals surface area (Å²) in [7, 11) is 0. The Morgan fingerprint density at radius 1 is 1.36 bits per heavy atom. The number of alkyl halides is 3. The van der Waals surface area contributed by atoms with Crippen LogP contribution in [0.25, 0.3) is 0 Å². The van der Waals surface area contributed by atoms with Crippen LogP contribution in [0.5, 0.6) is 0 Å². The normalized spacial score (nSPS) is 16.6. The van der Waals surface area contributed by atoms with Gasteiger partial charge in [0.25, 0.3) is 0 Å². The Kier molecular flexibility index (Phi) is 3.97. The van der Waals surface area contributed by atoms with Gasteiger partial charge >= 0.3 is 12.1 Å². The van der Waals surface area contributed by atoms with Gasteiger partial charge in [-0.05, 0) is 27.2 Å². The molecule has 5 heteroatoms. The van der Waals surface area contributed by atoms with Gasteiger partial charge in [0.05, 0.1) is 6.10 Å². The minimum atomic E-state index is -4.56. The minimum absolute atomic E-state index is 0.317. The predicted octanol–water partition coefficient (Wildman–Crippen LogP) is 2.92. The number of hydrogen-bond donors (Lipinski definition) is 0. The topological polar surface area (TPSA) is 26.3 Å². The third-order valence-electron chi connectivity index (χ3n) is 2.13. The van der Waals surface area contributed by atoms with Gasteiger partial charge in [0.2, 0.25) is 0 Å². The fraction of sp³-hybridized carbons (Fsp3) is 0.889. The molecule has 14 heavy (non-hydrogen) atoms. The SMILES string of the molecule is CCC(C)(C(=O)OC(C)C)C(F)(F)F. The molecule has 0 saturated carbocycles. The van der Waals surface area contributed by atoms with Crippen molar-refractivity contribution < 1.29 is 22.7 Å². The van der Waals surface area contributed by atoms with Gasteiger partial charge in [-0.2, -0.15) is 13.2 Å². The molecular weight excluding hydrogens is 197 g/mol. The van der Waals surface area contributed by atoms with Crippen molar-refractivity contribution >= 4 is 5.97 Å². The van der Waals surface area contributed by atoms with E-state index in [0.29, 0.717) is 0 Å². The van der Waals surface area contributed by atoms with Crippen LogP contribution in [-0.4, -0.2) is 18.2 Å². The summed E-state index contributed by atoms with van der Waals surface area (Å²) in [5.74, 6) is -1.21. The van der Waals surface area contributed by atoms with Crippen molar-refractivity contribution in [3.63, 3.8) is 0 Å². The summed E-state index contributed by atoms with van der Waals surface area (Å²) in [6.07, 6.45) is -5.41. The highest BCUT2D eigenvalue weighted by Crippen LogP contribution is 2.41. The standard InChI is InChI=1S/C9H15F3O2/c1-5-8(4,9(10,11)12)7(13)14-6(2)3/h6H,5H2,1-4H3. The average molecular weight is 212 g/mol. The Hall–Kier alpha value is -0.740. The molecule has 0 spiro atoms. The maximum atomic E-state index is 12.5. The second-order valence-corrected chi connectivity index (χ2v) is 3.64. The molecule has 0 saturated heterocycles. The molecule has 0 aliphatic carbocycles. The highest BCUT2D eigenvalue weighted by atomic mass is 19.4. The van der Waals surface area contributed by atoms with E-state index in [1.54, 1.807) is 0 Å². The van der Waals surface area contributed by atoms with Crippen LogP contribution in [0, 0.1) is 5.41 Å². The van der Waals surface area contributed by atoms with Gasteiger partial charge in [0.1, 0.15) is 0 Å². The van der Waals surface area contributed by atoms with E-state index in [1.807, 2.05) is 0 Å². The molecule has 1 unspecified atom stereocenters. The maximum absolute atomic E-state index is 12.5. The second kappa shape index (κ2) is 4.19. The van der Waals surface area contributed by atoms with Crippen LogP contribution < -0.4 is 0 Å². The summed E-state index contributed by atoms with van der Waals surface area (Å²) < 4.78 is 42.1. The number of carbonyl (C=O) groups is 1. The van der Waals surface area contributed by atoms with E-state index >= 15 is 0 Å². The lowest BCUT2D eigenvalue weighted by molar-refractivity contribution is -0.232. The van der Waals surface area contributed by atoms with Crippen LogP contribution >= 0.6 is 0 Å². The number of hydrogen-bond acceptors (Lipinski definition) is 2. The van der Waals surface area contributed by atoms with E-state index in [9.17, 15) is 18.0 Å². The van der Waals surface area contributed by atoms with Gasteiger partial charge in [-0.3, -0.25) is 4.79 Å². The fourth-order valence-corrected chi connectivity index (χ4v) is 0.805. The summed E-state index contributed by atoms with van der Waals surface area (Å²) in [6.45, 7) is 5.21. The fourth-order valence-electron chi connectivity index (χ4n) is 0.805. The third kappa shape index (κ3) is 2.62. The molecule has 0 aromatic carbocycles. The monoisotopic (exact) mass is 212 g/mol. The Balaban J connectivity index is 4.78. The van der Waals surface area contributed by atoms with Gasteiger partial charge in [-0.1, -0.05) is 6.92 Å². The molecule has 0 aliphatic heterocycles. The highest BCUT2D eigenvalue weighted by molar-refractivity contribution is 5.77. The molecule has 0 bridgehead atoms. The lowest BCUT2D eigenvalue weighted by Crippen LogP contribution is -2.43. The molecule has 0 radical (unpaired) electrons. The van der Waals surface area contributed by atoms with Gasteiger partial charge in [-0.15, -0.1) is 0 Å². The number of ether oxygens (including phenoxy) is 1. The van der Waals surface area contributed by atoms with Crippen LogP contribution in [0.1, 0.15) is 34.1 Å². The second-order valence-electron chi connectivity index (χ2n) is 3.64. The van der Waals surface area contributed by atoms with E-state index < -0.39 is 23.7 Å². The van der Waals surface area contributed by atoms with Gasteiger partial charge < -0.3 is 4.74 Å². The summed E-state index contributed by atoms with van der Waals surface area (Å²) in [5.41, 5.74) is -2.39. The molecule has 0 aromatic heterocycles. The van der Waals surface area contributed by atoms with Crippen LogP contribution in [-0.2, 0) is 9.53 Å². The van der Waals surface area contributed by atoms with E-state index in [4.69, 9.17) is 0 Å². The van der Waals surface area contributed by atoms with Crippen LogP contribution in [0.15, 0.2) is 0 Å². The molecule has 84 valence electrons. The first-order valence-corrected chi connectivity index (χ1v) is 4.43. The summed E-state index contributed by atoms with van der Waals surface area (Å²) >= 11 is 0. The zero-order chi connectivity index (χ0) is 11.6. The van der Waals surface area contributed by atoms with Gasteiger partial charge in [-0.25, -0.2) is 0 Å². The Bertz CT molecular complexity index is 211. The number of halogens is 3. The van der Waals surface area contributed by atoms with Crippen molar-refractivity contribution in [3.05, 3.63) is 0 Å². The average Bonchev–Trinajstić information content (AvgIpc) is 1.99. The van der Waals surface area contributed by atoms with Crippen LogP contribution in [0.4, 0.5) is 13.2 Å². The van der Waals surface area contributed by atoms with E-state index in [0.717, 1.165) is 6.92 Å². The first-order valence-electron chi connectivity index (χ1n) is 4.43. The largest absolute Gasteiger partial charge is 0.462 e. The Morgan fingerprint density at radius 3 is 2.00 bits per heavy atom. The smallest absolute Gasteiger partial charge is 0.404 e. The molecule has 1 atom stereocenters. The van der Waals surface area contributed by atoms with Crippen molar-refractivity contribution in [2.45, 2.75) is 46.4 Å². The van der Waals surface area contributed by atoms with Crippen LogP contribution in [0.2, 0.25) is 0 Å². The number of rotatable bonds is 3. The van der Waals surface area contributed by atoms with Crippen molar-refractivity contribution in [2.24, 2.45) is 5.41 Å². The highest BCUT2D eigenvalue weighted by Gasteiger charge is 2.56. The molecule has 0 aliphatic rings. The minimum Gasteiger partial charge on any atom is -0.462 e. The van der Waals surface area contributed by atoms with Crippen LogP contribution in [0.3, 0.4) is 0 Å². The lowest BCUT2D eigenvalue weighted by atomic mass is 9.87. The van der Waals surface area contributed by atoms with Crippen molar-refractivity contribution in [3.8, 4) is 0 Å². The molecule has 0 fully saturated rings. The summed E-state index contributed by atoms with van der Waals surface area (Å²) in [4.78, 5) is 11.2. The summed E-state index contributed by atoms with van der Waals surface area (Å²) in [5, 5.41) is 0. The lowest BCUT2D eigenvalue weighted by Gasteiger charge is -2.29. The van der Waals surface area contributed by atoms with Crippen molar-refractivity contribution in [1.29, 1.82) is 0 Å². The van der Waals surface area contributed by atoms with Crippen molar-refractivity contribution in [2.75, 3.05) is 0 Å². The zero-order valence-electron chi connectivity index (χ0n) is 8.73. The zero-order valence-corrected chi connectivity index (χ0v) is 8.73. The molecule has 0 heterocycles. The number of esters is 1. The van der Waals surface area contributed by atoms with E-state index in [1.165, 1.54) is 20.8 Å². The number of carbonyl (C=O) groups excluding carboxylic acids is 1. The molecule has 0 amide bonds. The molecule has 2 nitrogen and oxygen atoms in total. The first kappa shape index (κ1) is 13.3. The molecular formula is C9H15F3O2. The maximum Gasteiger partial charge on any atom is 0.404 e. The molecule has 0 N–H and O–H groups in total. The summed E-state index contributed by atoms with van der Waals surface area (Å²) in [6, 6.07) is 0. The molecule has 0 rings (SSSR count). The van der Waals surface area contributed by atoms with E-state index in [2.05, 4.69) is 4.74 Å². The van der Waals surface area contributed by atoms with Gasteiger partial charge in [0.15, 0.2) is 5.41 Å². The predicted molar refractivity (Wildman–Crippen MR) is 45.7 cm³/mol. The Morgan fingerprint density at radius 2 is 1.79 bits per heavy atom. The van der Waals surface area contributed by atoms with Crippen molar-refractivity contribution in [1.82, 2.24) is 0 Å². The third-order valence-corrected chi connectivity index (χ3v) is 2.13. The quantitative estimate of drug-likeness (QED) is 0.672. The van der Waals surface area contributed by atoms with E-state index in [-0.39, 0.29) is 6.42 Å². The Labute approximate surface area is 81.4 Å².